The molecule has 1 heterocycles. The lowest BCUT2D eigenvalue weighted by molar-refractivity contribution is 0.250. The van der Waals surface area contributed by atoms with E-state index in [0.29, 0.717) is 34.1 Å². The predicted octanol–water partition coefficient (Wildman–Crippen LogP) is 5.48. The van der Waals surface area contributed by atoms with Gasteiger partial charge in [0.05, 0.1) is 11.9 Å². The van der Waals surface area contributed by atoms with E-state index in [1.54, 1.807) is 6.20 Å². The van der Waals surface area contributed by atoms with Crippen molar-refractivity contribution < 1.29 is 4.74 Å². The lowest BCUT2D eigenvalue weighted by Gasteiger charge is -2.17. The number of hydrogen-bond acceptors (Lipinski definition) is 4. The Bertz CT molecular complexity index is 896. The Morgan fingerprint density at radius 3 is 1.93 bits per heavy atom. The van der Waals surface area contributed by atoms with Crippen molar-refractivity contribution in [2.75, 3.05) is 6.61 Å². The summed E-state index contributed by atoms with van der Waals surface area (Å²) in [4.78, 5) is 9.28. The maximum atomic E-state index is 6.06. The monoisotopic (exact) mass is 401 g/mol. The highest BCUT2D eigenvalue weighted by molar-refractivity contribution is 6.31. The molecule has 140 valence electrons. The van der Waals surface area contributed by atoms with E-state index >= 15 is 0 Å². The minimum absolute atomic E-state index is 0.0678. The molecule has 0 bridgehead atoms. The van der Waals surface area contributed by atoms with Crippen LogP contribution in [0.4, 0.5) is 0 Å². The second-order valence-corrected chi connectivity index (χ2v) is 7.51. The second-order valence-electron chi connectivity index (χ2n) is 6.64. The Labute approximate surface area is 169 Å². The van der Waals surface area contributed by atoms with E-state index in [4.69, 9.17) is 33.7 Å². The SMILES string of the molecule is CC(C)[C@@H](N)COc1cnc(-c2ccc(Cl)cc2)c(-c2ccc(Cl)cc2)n1. The number of benzene rings is 2. The molecule has 0 radical (unpaired) electrons. The van der Waals surface area contributed by atoms with Crippen LogP contribution in [0.3, 0.4) is 0 Å². The van der Waals surface area contributed by atoms with Crippen LogP contribution in [0.15, 0.2) is 54.7 Å². The molecule has 4 nitrogen and oxygen atoms in total. The van der Waals surface area contributed by atoms with E-state index in [9.17, 15) is 0 Å². The van der Waals surface area contributed by atoms with E-state index < -0.39 is 0 Å². The summed E-state index contributed by atoms with van der Waals surface area (Å²) in [6, 6.07) is 14.9. The van der Waals surface area contributed by atoms with Crippen LogP contribution in [0.5, 0.6) is 5.88 Å². The number of nitrogens with two attached hydrogens (primary N) is 1. The Hall–Kier alpha value is -2.14. The third-order valence-corrected chi connectivity index (χ3v) is 4.77. The predicted molar refractivity (Wildman–Crippen MR) is 111 cm³/mol. The molecular weight excluding hydrogens is 381 g/mol. The van der Waals surface area contributed by atoms with Crippen LogP contribution in [0.2, 0.25) is 10.0 Å². The summed E-state index contributed by atoms with van der Waals surface area (Å²) in [6.45, 7) is 4.50. The van der Waals surface area contributed by atoms with Crippen LogP contribution in [0.1, 0.15) is 13.8 Å². The number of nitrogens with zero attached hydrogens (tertiary/aromatic N) is 2. The maximum Gasteiger partial charge on any atom is 0.232 e. The summed E-state index contributed by atoms with van der Waals surface area (Å²) in [7, 11) is 0. The van der Waals surface area contributed by atoms with Gasteiger partial charge in [0.2, 0.25) is 5.88 Å². The van der Waals surface area contributed by atoms with Gasteiger partial charge in [0.25, 0.3) is 0 Å². The Morgan fingerprint density at radius 2 is 1.41 bits per heavy atom. The maximum absolute atomic E-state index is 6.06. The third kappa shape index (κ3) is 4.98. The van der Waals surface area contributed by atoms with Crippen LogP contribution >= 0.6 is 23.2 Å². The van der Waals surface area contributed by atoms with Crippen LogP contribution in [0.25, 0.3) is 22.5 Å². The summed E-state index contributed by atoms with van der Waals surface area (Å²) in [6.07, 6.45) is 1.62. The fourth-order valence-electron chi connectivity index (χ4n) is 2.44. The topological polar surface area (TPSA) is 61.0 Å². The van der Waals surface area contributed by atoms with Gasteiger partial charge in [0.15, 0.2) is 0 Å². The summed E-state index contributed by atoms with van der Waals surface area (Å²) in [5.41, 5.74) is 9.34. The minimum atomic E-state index is -0.0678. The number of rotatable bonds is 6. The van der Waals surface area contributed by atoms with Crippen LogP contribution in [-0.4, -0.2) is 22.6 Å². The van der Waals surface area contributed by atoms with Gasteiger partial charge in [-0.15, -0.1) is 0 Å². The first-order chi connectivity index (χ1) is 12.9. The third-order valence-electron chi connectivity index (χ3n) is 4.27. The highest BCUT2D eigenvalue weighted by Gasteiger charge is 2.15. The van der Waals surface area contributed by atoms with Crippen LogP contribution < -0.4 is 10.5 Å². The smallest absolute Gasteiger partial charge is 0.232 e. The van der Waals surface area contributed by atoms with Gasteiger partial charge in [-0.05, 0) is 30.2 Å². The molecule has 0 saturated carbocycles. The van der Waals surface area contributed by atoms with E-state index in [1.807, 2.05) is 48.5 Å². The molecule has 3 aromatic rings. The fourth-order valence-corrected chi connectivity index (χ4v) is 2.70. The van der Waals surface area contributed by atoms with Gasteiger partial charge in [0, 0.05) is 27.2 Å². The molecule has 0 unspecified atom stereocenters. The molecule has 2 N–H and O–H groups in total. The van der Waals surface area contributed by atoms with Gasteiger partial charge in [0.1, 0.15) is 12.3 Å². The van der Waals surface area contributed by atoms with Crippen molar-refractivity contribution in [2.45, 2.75) is 19.9 Å². The standard InChI is InChI=1S/C21H21Cl2N3O/c1-13(2)18(24)12-27-19-11-25-20(14-3-7-16(22)8-4-14)21(26-19)15-5-9-17(23)10-6-15/h3-11,13,18H,12,24H2,1-2H3/t18-/m0/s1. The normalized spacial score (nSPS) is 12.2. The van der Waals surface area contributed by atoms with E-state index in [0.717, 1.165) is 16.8 Å². The average molecular weight is 402 g/mol. The molecule has 6 heteroatoms. The molecule has 1 atom stereocenters. The number of hydrogen-bond donors (Lipinski definition) is 1. The Morgan fingerprint density at radius 1 is 0.889 bits per heavy atom. The van der Waals surface area contributed by atoms with E-state index in [1.165, 1.54) is 0 Å². The van der Waals surface area contributed by atoms with Gasteiger partial charge in [-0.2, -0.15) is 0 Å². The van der Waals surface area contributed by atoms with Crippen molar-refractivity contribution in [3.05, 3.63) is 64.8 Å². The molecular formula is C21H21Cl2N3O. The fraction of sp³-hybridized carbons (Fsp3) is 0.238. The quantitative estimate of drug-likeness (QED) is 0.593. The largest absolute Gasteiger partial charge is 0.475 e. The molecule has 0 aliphatic rings. The lowest BCUT2D eigenvalue weighted by Crippen LogP contribution is -2.33. The molecule has 0 fully saturated rings. The van der Waals surface area contributed by atoms with Crippen molar-refractivity contribution in [1.29, 1.82) is 0 Å². The van der Waals surface area contributed by atoms with Gasteiger partial charge in [-0.1, -0.05) is 61.3 Å². The van der Waals surface area contributed by atoms with Crippen LogP contribution in [-0.2, 0) is 0 Å². The zero-order valence-electron chi connectivity index (χ0n) is 15.2. The molecule has 0 aliphatic heterocycles. The zero-order valence-corrected chi connectivity index (χ0v) is 16.7. The summed E-state index contributed by atoms with van der Waals surface area (Å²) in [5, 5.41) is 1.33. The Balaban J connectivity index is 2.00. The van der Waals surface area contributed by atoms with Crippen molar-refractivity contribution in [3.8, 4) is 28.4 Å². The number of ether oxygens (including phenoxy) is 1. The molecule has 0 amide bonds. The van der Waals surface area contributed by atoms with Crippen molar-refractivity contribution >= 4 is 23.2 Å². The summed E-state index contributed by atoms with van der Waals surface area (Å²) in [5.74, 6) is 0.760. The van der Waals surface area contributed by atoms with Gasteiger partial charge < -0.3 is 10.5 Å². The Kier molecular flexibility index (Phi) is 6.32. The molecule has 3 rings (SSSR count). The van der Waals surface area contributed by atoms with Crippen LogP contribution in [0, 0.1) is 5.92 Å². The average Bonchev–Trinajstić information content (AvgIpc) is 2.67. The molecule has 27 heavy (non-hydrogen) atoms. The first-order valence-electron chi connectivity index (χ1n) is 8.71. The molecule has 1 aromatic heterocycles. The van der Waals surface area contributed by atoms with Gasteiger partial charge in [-0.25, -0.2) is 9.97 Å². The molecule has 0 aliphatic carbocycles. The van der Waals surface area contributed by atoms with Gasteiger partial charge in [-0.3, -0.25) is 0 Å². The molecule has 0 saturated heterocycles. The molecule has 2 aromatic carbocycles. The highest BCUT2D eigenvalue weighted by atomic mass is 35.5. The van der Waals surface area contributed by atoms with Crippen molar-refractivity contribution in [1.82, 2.24) is 9.97 Å². The van der Waals surface area contributed by atoms with Crippen molar-refractivity contribution in [2.24, 2.45) is 11.7 Å². The van der Waals surface area contributed by atoms with Crippen molar-refractivity contribution in [3.63, 3.8) is 0 Å². The lowest BCUT2D eigenvalue weighted by atomic mass is 10.0. The number of halogens is 2. The van der Waals surface area contributed by atoms with E-state index in [-0.39, 0.29) is 6.04 Å². The zero-order chi connectivity index (χ0) is 19.4. The van der Waals surface area contributed by atoms with Gasteiger partial charge >= 0.3 is 0 Å². The highest BCUT2D eigenvalue weighted by Crippen LogP contribution is 2.31. The second kappa shape index (κ2) is 8.70. The first-order valence-corrected chi connectivity index (χ1v) is 9.47. The van der Waals surface area contributed by atoms with E-state index in [2.05, 4.69) is 23.8 Å². The first kappa shape index (κ1) is 19.6. The molecule has 0 spiro atoms. The number of aromatic nitrogens is 2. The minimum Gasteiger partial charge on any atom is -0.475 e. The summed E-state index contributed by atoms with van der Waals surface area (Å²) >= 11 is 12.0. The summed E-state index contributed by atoms with van der Waals surface area (Å²) < 4.78 is 5.78.